The van der Waals surface area contributed by atoms with Crippen LogP contribution >= 0.6 is 0 Å². The second-order valence-electron chi connectivity index (χ2n) is 5.08. The molecule has 0 saturated carbocycles. The maximum atomic E-state index is 9.71. The summed E-state index contributed by atoms with van der Waals surface area (Å²) in [5.41, 5.74) is 2.02. The van der Waals surface area contributed by atoms with Gasteiger partial charge >= 0.3 is 0 Å². The Morgan fingerprint density at radius 2 is 1.52 bits per heavy atom. The van der Waals surface area contributed by atoms with Crippen LogP contribution in [0.25, 0.3) is 0 Å². The minimum Gasteiger partial charge on any atom is -0.507 e. The van der Waals surface area contributed by atoms with Gasteiger partial charge in [0.2, 0.25) is 0 Å². The topological polar surface area (TPSA) is 39.1 Å². The number of para-hydroxylation sites is 2. The third-order valence-electron chi connectivity index (χ3n) is 3.67. The number of hydrogen-bond donors (Lipinski definition) is 1. The lowest BCUT2D eigenvalue weighted by molar-refractivity contribution is 0.272. The number of rotatable bonds is 3. The van der Waals surface area contributed by atoms with Crippen LogP contribution in [-0.4, -0.2) is 42.5 Å². The molecule has 0 spiro atoms. The van der Waals surface area contributed by atoms with E-state index in [0.717, 1.165) is 31.7 Å². The predicted molar refractivity (Wildman–Crippen MR) is 85.9 cm³/mol. The number of hydrogen-bond acceptors (Lipinski definition) is 4. The molecule has 4 heteroatoms. The van der Waals surface area contributed by atoms with Gasteiger partial charge in [0.05, 0.1) is 19.3 Å². The van der Waals surface area contributed by atoms with Gasteiger partial charge in [0.15, 0.2) is 0 Å². The Morgan fingerprint density at radius 1 is 0.857 bits per heavy atom. The predicted octanol–water partition coefficient (Wildman–Crippen LogP) is 2.55. The Balaban J connectivity index is 1.58. The van der Waals surface area contributed by atoms with Crippen molar-refractivity contribution in [2.24, 2.45) is 5.10 Å². The van der Waals surface area contributed by atoms with Crippen LogP contribution in [0.3, 0.4) is 0 Å². The van der Waals surface area contributed by atoms with Gasteiger partial charge in [0.1, 0.15) is 5.75 Å². The molecule has 1 aliphatic rings. The lowest BCUT2D eigenvalue weighted by Gasteiger charge is -2.34. The number of aromatic hydroxyl groups is 1. The highest BCUT2D eigenvalue weighted by Gasteiger charge is 2.15. The third kappa shape index (κ3) is 3.34. The molecule has 0 unspecified atom stereocenters. The Labute approximate surface area is 124 Å². The molecule has 2 aromatic rings. The lowest BCUT2D eigenvalue weighted by atomic mass is 10.2. The van der Waals surface area contributed by atoms with Crippen LogP contribution in [0.4, 0.5) is 5.69 Å². The van der Waals surface area contributed by atoms with Crippen molar-refractivity contribution < 1.29 is 5.11 Å². The first-order valence-electron chi connectivity index (χ1n) is 7.20. The Kier molecular flexibility index (Phi) is 4.05. The number of piperazine rings is 1. The first kappa shape index (κ1) is 13.5. The average molecular weight is 281 g/mol. The minimum atomic E-state index is 0.268. The molecule has 1 fully saturated rings. The number of benzene rings is 2. The van der Waals surface area contributed by atoms with Crippen molar-refractivity contribution in [1.82, 2.24) is 5.01 Å². The van der Waals surface area contributed by atoms with Crippen LogP contribution in [0.5, 0.6) is 5.75 Å². The van der Waals surface area contributed by atoms with Gasteiger partial charge in [-0.05, 0) is 24.3 Å². The van der Waals surface area contributed by atoms with Crippen molar-refractivity contribution in [2.45, 2.75) is 0 Å². The Bertz CT molecular complexity index is 604. The lowest BCUT2D eigenvalue weighted by Crippen LogP contribution is -2.44. The molecule has 0 amide bonds. The molecular formula is C17H19N3O. The van der Waals surface area contributed by atoms with E-state index >= 15 is 0 Å². The SMILES string of the molecule is Oc1ccccc1/C=N/N1CCN(c2ccccc2)CC1. The number of hydrazone groups is 1. The van der Waals surface area contributed by atoms with Gasteiger partial charge in [0.25, 0.3) is 0 Å². The highest BCUT2D eigenvalue weighted by Crippen LogP contribution is 2.16. The quantitative estimate of drug-likeness (QED) is 0.879. The molecule has 0 atom stereocenters. The van der Waals surface area contributed by atoms with Crippen LogP contribution < -0.4 is 4.90 Å². The van der Waals surface area contributed by atoms with Crippen molar-refractivity contribution in [2.75, 3.05) is 31.1 Å². The van der Waals surface area contributed by atoms with Gasteiger partial charge in [0, 0.05) is 24.3 Å². The molecule has 108 valence electrons. The average Bonchev–Trinajstić information content (AvgIpc) is 2.55. The molecule has 0 bridgehead atoms. The molecule has 0 aromatic heterocycles. The molecule has 0 radical (unpaired) electrons. The third-order valence-corrected chi connectivity index (χ3v) is 3.67. The van der Waals surface area contributed by atoms with Crippen LogP contribution in [0, 0.1) is 0 Å². The van der Waals surface area contributed by atoms with E-state index in [1.54, 1.807) is 12.3 Å². The molecular weight excluding hydrogens is 262 g/mol. The molecule has 1 aliphatic heterocycles. The largest absolute Gasteiger partial charge is 0.507 e. The standard InChI is InChI=1S/C17H19N3O/c21-17-9-5-4-6-15(17)14-18-20-12-10-19(11-13-20)16-7-2-1-3-8-16/h1-9,14,21H,10-13H2/b18-14+. The number of anilines is 1. The van der Waals surface area contributed by atoms with Crippen molar-refractivity contribution >= 4 is 11.9 Å². The van der Waals surface area contributed by atoms with Crippen LogP contribution in [0.2, 0.25) is 0 Å². The monoisotopic (exact) mass is 281 g/mol. The molecule has 21 heavy (non-hydrogen) atoms. The van der Waals surface area contributed by atoms with Crippen LogP contribution in [0.15, 0.2) is 59.7 Å². The van der Waals surface area contributed by atoms with Gasteiger partial charge in [-0.2, -0.15) is 5.10 Å². The van der Waals surface area contributed by atoms with Crippen LogP contribution in [0.1, 0.15) is 5.56 Å². The molecule has 3 rings (SSSR count). The summed E-state index contributed by atoms with van der Waals surface area (Å²) < 4.78 is 0. The molecule has 0 aliphatic carbocycles. The molecule has 4 nitrogen and oxygen atoms in total. The second kappa shape index (κ2) is 6.31. The maximum Gasteiger partial charge on any atom is 0.124 e. The fourth-order valence-electron chi connectivity index (χ4n) is 2.45. The minimum absolute atomic E-state index is 0.268. The summed E-state index contributed by atoms with van der Waals surface area (Å²) >= 11 is 0. The first-order chi connectivity index (χ1) is 10.3. The van der Waals surface area contributed by atoms with E-state index in [0.29, 0.717) is 0 Å². The van der Waals surface area contributed by atoms with E-state index in [1.807, 2.05) is 29.3 Å². The summed E-state index contributed by atoms with van der Waals surface area (Å²) in [5.74, 6) is 0.268. The molecule has 2 aromatic carbocycles. The normalized spacial score (nSPS) is 15.6. The van der Waals surface area contributed by atoms with E-state index in [1.165, 1.54) is 5.69 Å². The van der Waals surface area contributed by atoms with Gasteiger partial charge in [-0.25, -0.2) is 0 Å². The molecule has 1 saturated heterocycles. The smallest absolute Gasteiger partial charge is 0.124 e. The summed E-state index contributed by atoms with van der Waals surface area (Å²) in [5, 5.41) is 16.2. The zero-order valence-corrected chi connectivity index (χ0v) is 11.9. The van der Waals surface area contributed by atoms with Gasteiger partial charge < -0.3 is 10.0 Å². The van der Waals surface area contributed by atoms with Crippen molar-refractivity contribution in [3.63, 3.8) is 0 Å². The molecule has 1 heterocycles. The second-order valence-corrected chi connectivity index (χ2v) is 5.08. The van der Waals surface area contributed by atoms with Crippen LogP contribution in [-0.2, 0) is 0 Å². The van der Waals surface area contributed by atoms with E-state index in [9.17, 15) is 5.11 Å². The number of nitrogens with zero attached hydrogens (tertiary/aromatic N) is 3. The van der Waals surface area contributed by atoms with E-state index in [2.05, 4.69) is 34.3 Å². The number of phenolic OH excluding ortho intramolecular Hbond substituents is 1. The van der Waals surface area contributed by atoms with E-state index in [-0.39, 0.29) is 5.75 Å². The van der Waals surface area contributed by atoms with E-state index in [4.69, 9.17) is 0 Å². The van der Waals surface area contributed by atoms with Crippen molar-refractivity contribution in [3.8, 4) is 5.75 Å². The summed E-state index contributed by atoms with van der Waals surface area (Å²) in [6.07, 6.45) is 1.73. The fraction of sp³-hybridized carbons (Fsp3) is 0.235. The first-order valence-corrected chi connectivity index (χ1v) is 7.20. The Morgan fingerprint density at radius 3 is 2.24 bits per heavy atom. The van der Waals surface area contributed by atoms with Gasteiger partial charge in [-0.1, -0.05) is 30.3 Å². The Hall–Kier alpha value is -2.49. The van der Waals surface area contributed by atoms with E-state index < -0.39 is 0 Å². The zero-order valence-electron chi connectivity index (χ0n) is 11.9. The maximum absolute atomic E-state index is 9.71. The van der Waals surface area contributed by atoms with Gasteiger partial charge in [-0.15, -0.1) is 0 Å². The highest BCUT2D eigenvalue weighted by molar-refractivity contribution is 5.82. The van der Waals surface area contributed by atoms with Gasteiger partial charge in [-0.3, -0.25) is 5.01 Å². The summed E-state index contributed by atoms with van der Waals surface area (Å²) in [6.45, 7) is 3.70. The zero-order chi connectivity index (χ0) is 14.5. The summed E-state index contributed by atoms with van der Waals surface area (Å²) in [6, 6.07) is 17.7. The fourth-order valence-corrected chi connectivity index (χ4v) is 2.45. The summed E-state index contributed by atoms with van der Waals surface area (Å²) in [7, 11) is 0. The number of phenols is 1. The molecule has 1 N–H and O–H groups in total. The van der Waals surface area contributed by atoms with Crippen molar-refractivity contribution in [3.05, 3.63) is 60.2 Å². The highest BCUT2D eigenvalue weighted by atomic mass is 16.3. The summed E-state index contributed by atoms with van der Waals surface area (Å²) in [4.78, 5) is 2.37. The van der Waals surface area contributed by atoms with Crippen molar-refractivity contribution in [1.29, 1.82) is 0 Å².